The topological polar surface area (TPSA) is 98.8 Å². The second kappa shape index (κ2) is 9.28. The first kappa shape index (κ1) is 21.8. The quantitative estimate of drug-likeness (QED) is 0.739. The third-order valence-electron chi connectivity index (χ3n) is 4.51. The monoisotopic (exact) mass is 438 g/mol. The number of hydrogen-bond donors (Lipinski definition) is 2. The number of amides is 3. The highest BCUT2D eigenvalue weighted by Crippen LogP contribution is 2.19. The number of piperazine rings is 1. The van der Waals surface area contributed by atoms with Crippen LogP contribution >= 0.6 is 0 Å². The van der Waals surface area contributed by atoms with E-state index in [4.69, 9.17) is 0 Å². The molecular formula is C19H20F2N4O4S. The van der Waals surface area contributed by atoms with Gasteiger partial charge in [0.1, 0.15) is 0 Å². The molecule has 11 heteroatoms. The number of imide groups is 1. The van der Waals surface area contributed by atoms with Gasteiger partial charge in [-0.3, -0.25) is 15.0 Å². The molecule has 30 heavy (non-hydrogen) atoms. The van der Waals surface area contributed by atoms with Crippen LogP contribution in [0.3, 0.4) is 0 Å². The first-order valence-electron chi connectivity index (χ1n) is 9.09. The summed E-state index contributed by atoms with van der Waals surface area (Å²) >= 11 is 0. The summed E-state index contributed by atoms with van der Waals surface area (Å²) in [6.45, 7) is 0.560. The van der Waals surface area contributed by atoms with Gasteiger partial charge in [-0.2, -0.15) is 4.31 Å². The van der Waals surface area contributed by atoms with Crippen LogP contribution < -0.4 is 10.6 Å². The third kappa shape index (κ3) is 5.38. The Morgan fingerprint density at radius 3 is 2.23 bits per heavy atom. The van der Waals surface area contributed by atoms with Gasteiger partial charge in [-0.05, 0) is 30.3 Å². The summed E-state index contributed by atoms with van der Waals surface area (Å²) in [4.78, 5) is 25.3. The van der Waals surface area contributed by atoms with Crippen LogP contribution in [0.25, 0.3) is 0 Å². The minimum atomic E-state index is -3.97. The summed E-state index contributed by atoms with van der Waals surface area (Å²) in [5, 5.41) is 4.74. The summed E-state index contributed by atoms with van der Waals surface area (Å²) in [5.41, 5.74) is 0.541. The molecule has 0 atom stereocenters. The normalized spacial score (nSPS) is 15.5. The lowest BCUT2D eigenvalue weighted by Gasteiger charge is -2.33. The lowest BCUT2D eigenvalue weighted by Crippen LogP contribution is -2.51. The van der Waals surface area contributed by atoms with Gasteiger partial charge in [0.15, 0.2) is 11.6 Å². The second-order valence-corrected chi connectivity index (χ2v) is 8.56. The molecule has 0 aromatic heterocycles. The maximum Gasteiger partial charge on any atom is 0.325 e. The van der Waals surface area contributed by atoms with Crippen molar-refractivity contribution in [2.24, 2.45) is 0 Å². The molecule has 1 saturated heterocycles. The number of carbonyl (C=O) groups excluding carboxylic acids is 2. The van der Waals surface area contributed by atoms with E-state index in [0.29, 0.717) is 11.8 Å². The van der Waals surface area contributed by atoms with Gasteiger partial charge in [-0.25, -0.2) is 22.0 Å². The largest absolute Gasteiger partial charge is 0.325 e. The van der Waals surface area contributed by atoms with Crippen LogP contribution in [0.4, 0.5) is 19.3 Å². The SMILES string of the molecule is O=C(CN1CCN(S(=O)(=O)c2ccc(F)c(F)c2)CC1)NC(=O)Nc1ccccc1. The molecule has 1 aliphatic heterocycles. The number of rotatable bonds is 5. The van der Waals surface area contributed by atoms with Crippen LogP contribution in [-0.4, -0.2) is 62.3 Å². The van der Waals surface area contributed by atoms with Crippen LogP contribution in [0.5, 0.6) is 0 Å². The van der Waals surface area contributed by atoms with Gasteiger partial charge < -0.3 is 5.32 Å². The molecule has 0 aliphatic carbocycles. The molecule has 1 heterocycles. The fourth-order valence-corrected chi connectivity index (χ4v) is 4.40. The summed E-state index contributed by atoms with van der Waals surface area (Å²) in [5.74, 6) is -2.89. The number of urea groups is 1. The van der Waals surface area contributed by atoms with Crippen molar-refractivity contribution >= 4 is 27.6 Å². The van der Waals surface area contributed by atoms with Gasteiger partial charge in [0.05, 0.1) is 11.4 Å². The molecule has 0 bridgehead atoms. The molecule has 2 aromatic rings. The predicted molar refractivity (Wildman–Crippen MR) is 105 cm³/mol. The van der Waals surface area contributed by atoms with E-state index in [1.807, 2.05) is 0 Å². The van der Waals surface area contributed by atoms with Crippen LogP contribution in [-0.2, 0) is 14.8 Å². The fourth-order valence-electron chi connectivity index (χ4n) is 2.97. The van der Waals surface area contributed by atoms with E-state index in [0.717, 1.165) is 16.4 Å². The predicted octanol–water partition coefficient (Wildman–Crippen LogP) is 1.62. The zero-order chi connectivity index (χ0) is 21.7. The van der Waals surface area contributed by atoms with Crippen molar-refractivity contribution in [3.63, 3.8) is 0 Å². The van der Waals surface area contributed by atoms with Crippen molar-refractivity contribution in [1.82, 2.24) is 14.5 Å². The first-order valence-corrected chi connectivity index (χ1v) is 10.5. The molecule has 8 nitrogen and oxygen atoms in total. The van der Waals surface area contributed by atoms with Crippen LogP contribution in [0.1, 0.15) is 0 Å². The number of carbonyl (C=O) groups is 2. The molecule has 0 radical (unpaired) electrons. The Hall–Kier alpha value is -2.89. The molecule has 3 rings (SSSR count). The molecular weight excluding hydrogens is 418 g/mol. The van der Waals surface area contributed by atoms with E-state index in [1.54, 1.807) is 35.2 Å². The van der Waals surface area contributed by atoms with E-state index in [9.17, 15) is 26.8 Å². The Kier molecular flexibility index (Phi) is 6.75. The van der Waals surface area contributed by atoms with Crippen molar-refractivity contribution in [1.29, 1.82) is 0 Å². The number of sulfonamides is 1. The summed E-state index contributed by atoms with van der Waals surface area (Å²) < 4.78 is 52.8. The molecule has 0 unspecified atom stereocenters. The van der Waals surface area contributed by atoms with Gasteiger partial charge in [0.25, 0.3) is 0 Å². The minimum absolute atomic E-state index is 0.0742. The number of halogens is 2. The Labute approximate surface area is 172 Å². The van der Waals surface area contributed by atoms with Gasteiger partial charge in [-0.1, -0.05) is 18.2 Å². The molecule has 1 fully saturated rings. The maximum atomic E-state index is 13.4. The van der Waals surface area contributed by atoms with Crippen molar-refractivity contribution in [3.05, 3.63) is 60.2 Å². The molecule has 2 aromatic carbocycles. The van der Waals surface area contributed by atoms with E-state index < -0.39 is 33.6 Å². The van der Waals surface area contributed by atoms with Crippen molar-refractivity contribution < 1.29 is 26.8 Å². The number of nitrogens with zero attached hydrogens (tertiary/aromatic N) is 2. The molecule has 160 valence electrons. The van der Waals surface area contributed by atoms with E-state index in [-0.39, 0.29) is 37.6 Å². The third-order valence-corrected chi connectivity index (χ3v) is 6.41. The Morgan fingerprint density at radius 2 is 1.60 bits per heavy atom. The summed E-state index contributed by atoms with van der Waals surface area (Å²) in [6.07, 6.45) is 0. The van der Waals surface area contributed by atoms with Crippen molar-refractivity contribution in [3.8, 4) is 0 Å². The highest BCUT2D eigenvalue weighted by molar-refractivity contribution is 7.89. The Bertz CT molecular complexity index is 1030. The number of anilines is 1. The van der Waals surface area contributed by atoms with E-state index >= 15 is 0 Å². The number of benzene rings is 2. The number of nitrogens with one attached hydrogen (secondary N) is 2. The van der Waals surface area contributed by atoms with Crippen LogP contribution in [0.2, 0.25) is 0 Å². The highest BCUT2D eigenvalue weighted by Gasteiger charge is 2.29. The maximum absolute atomic E-state index is 13.4. The molecule has 0 saturated carbocycles. The fraction of sp³-hybridized carbons (Fsp3) is 0.263. The Balaban J connectivity index is 1.49. The summed E-state index contributed by atoms with van der Waals surface area (Å²) in [7, 11) is -3.97. The second-order valence-electron chi connectivity index (χ2n) is 6.62. The first-order chi connectivity index (χ1) is 14.3. The average molecular weight is 438 g/mol. The molecule has 2 N–H and O–H groups in total. The van der Waals surface area contributed by atoms with Crippen molar-refractivity contribution in [2.75, 3.05) is 38.0 Å². The van der Waals surface area contributed by atoms with Gasteiger partial charge in [0.2, 0.25) is 15.9 Å². The molecule has 1 aliphatic rings. The van der Waals surface area contributed by atoms with Gasteiger partial charge in [-0.15, -0.1) is 0 Å². The van der Waals surface area contributed by atoms with Crippen LogP contribution in [0, 0.1) is 11.6 Å². The van der Waals surface area contributed by atoms with Crippen LogP contribution in [0.15, 0.2) is 53.4 Å². The Morgan fingerprint density at radius 1 is 0.933 bits per heavy atom. The number of hydrogen-bond acceptors (Lipinski definition) is 5. The zero-order valence-electron chi connectivity index (χ0n) is 15.8. The zero-order valence-corrected chi connectivity index (χ0v) is 16.7. The smallest absolute Gasteiger partial charge is 0.308 e. The molecule has 0 spiro atoms. The van der Waals surface area contributed by atoms with Gasteiger partial charge in [0, 0.05) is 31.9 Å². The van der Waals surface area contributed by atoms with Gasteiger partial charge >= 0.3 is 6.03 Å². The summed E-state index contributed by atoms with van der Waals surface area (Å²) in [6, 6.07) is 10.4. The minimum Gasteiger partial charge on any atom is -0.308 e. The lowest BCUT2D eigenvalue weighted by atomic mass is 10.3. The van der Waals surface area contributed by atoms with E-state index in [2.05, 4.69) is 10.6 Å². The van der Waals surface area contributed by atoms with Crippen molar-refractivity contribution in [2.45, 2.75) is 4.90 Å². The number of para-hydroxylation sites is 1. The highest BCUT2D eigenvalue weighted by atomic mass is 32.2. The standard InChI is InChI=1S/C19H20F2N4O4S/c20-16-7-6-15(12-17(16)21)30(28,29)25-10-8-24(9-11-25)13-18(26)23-19(27)22-14-4-2-1-3-5-14/h1-7,12H,8-11,13H2,(H2,22,23,26,27). The lowest BCUT2D eigenvalue weighted by molar-refractivity contribution is -0.121. The van der Waals surface area contributed by atoms with E-state index in [1.165, 1.54) is 0 Å². The average Bonchev–Trinajstić information content (AvgIpc) is 2.71. The molecule has 3 amide bonds.